The van der Waals surface area contributed by atoms with Crippen LogP contribution in [-0.4, -0.2) is 29.2 Å². The van der Waals surface area contributed by atoms with Crippen molar-refractivity contribution in [3.63, 3.8) is 0 Å². The van der Waals surface area contributed by atoms with Crippen molar-refractivity contribution in [3.05, 3.63) is 28.8 Å². The summed E-state index contributed by atoms with van der Waals surface area (Å²) >= 11 is 12.5. The summed E-state index contributed by atoms with van der Waals surface area (Å²) in [5, 5.41) is 6.00. The topological polar surface area (TPSA) is 79.1 Å². The maximum absolute atomic E-state index is 6.63. The summed E-state index contributed by atoms with van der Waals surface area (Å²) in [6.07, 6.45) is 10.1. The number of nitrogen functional groups attached to an aromatic ring is 1. The highest BCUT2D eigenvalue weighted by Crippen LogP contribution is 2.43. The van der Waals surface area contributed by atoms with Gasteiger partial charge in [-0.15, -0.1) is 0 Å². The van der Waals surface area contributed by atoms with Crippen LogP contribution in [0.15, 0.2) is 23.0 Å². The van der Waals surface area contributed by atoms with Crippen molar-refractivity contribution >= 4 is 48.3 Å². The molecule has 0 amide bonds. The van der Waals surface area contributed by atoms with Gasteiger partial charge in [-0.25, -0.2) is 4.98 Å². The van der Waals surface area contributed by atoms with Crippen molar-refractivity contribution in [2.45, 2.75) is 76.7 Å². The SMILES string of the molecule is CC(C)(C)[Si](C)(C)OC1CCC(n2cc(-c3cnc(N)c4oc(Cl)c(Cl)c34)cn2)CC1. The van der Waals surface area contributed by atoms with Crippen LogP contribution in [0, 0.1) is 0 Å². The van der Waals surface area contributed by atoms with E-state index in [1.54, 1.807) is 6.20 Å². The van der Waals surface area contributed by atoms with E-state index in [1.807, 2.05) is 12.4 Å². The lowest BCUT2D eigenvalue weighted by atomic mass is 9.93. The van der Waals surface area contributed by atoms with Crippen LogP contribution in [0.3, 0.4) is 0 Å². The van der Waals surface area contributed by atoms with Crippen molar-refractivity contribution in [3.8, 4) is 11.1 Å². The minimum atomic E-state index is -1.74. The number of nitrogens with two attached hydrogens (primary N) is 1. The number of hydrogen-bond donors (Lipinski definition) is 1. The molecule has 3 aromatic heterocycles. The van der Waals surface area contributed by atoms with Gasteiger partial charge in [0.1, 0.15) is 5.02 Å². The second kappa shape index (κ2) is 8.10. The Balaban J connectivity index is 1.50. The van der Waals surface area contributed by atoms with Gasteiger partial charge in [-0.2, -0.15) is 5.10 Å². The predicted octanol–water partition coefficient (Wildman–Crippen LogP) is 7.09. The number of aromatic nitrogens is 3. The second-order valence-electron chi connectivity index (χ2n) is 9.97. The van der Waals surface area contributed by atoms with E-state index in [9.17, 15) is 0 Å². The van der Waals surface area contributed by atoms with Crippen LogP contribution in [0.1, 0.15) is 52.5 Å². The maximum atomic E-state index is 6.63. The standard InChI is InChI=1S/C22H30Cl2N4O2Si/c1-22(2,3)31(4,5)30-15-8-6-14(7-9-15)28-12-13(10-27-28)16-11-26-21(25)19-17(16)18(23)20(24)29-19/h10-12,14-15H,6-9H2,1-5H3,(H2,25,26). The van der Waals surface area contributed by atoms with E-state index in [1.165, 1.54) is 0 Å². The smallest absolute Gasteiger partial charge is 0.213 e. The number of anilines is 1. The molecule has 31 heavy (non-hydrogen) atoms. The van der Waals surface area contributed by atoms with Crippen LogP contribution in [-0.2, 0) is 4.43 Å². The summed E-state index contributed by atoms with van der Waals surface area (Å²) in [6, 6.07) is 0.355. The molecule has 0 radical (unpaired) electrons. The lowest BCUT2D eigenvalue weighted by Crippen LogP contribution is -2.44. The average molecular weight is 482 g/mol. The van der Waals surface area contributed by atoms with Gasteiger partial charge in [-0.05, 0) is 55.4 Å². The van der Waals surface area contributed by atoms with E-state index < -0.39 is 8.32 Å². The normalized spacial score (nSPS) is 20.5. The molecule has 0 saturated heterocycles. The molecule has 2 N–H and O–H groups in total. The van der Waals surface area contributed by atoms with Crippen LogP contribution in [0.4, 0.5) is 5.82 Å². The predicted molar refractivity (Wildman–Crippen MR) is 129 cm³/mol. The van der Waals surface area contributed by atoms with Gasteiger partial charge < -0.3 is 14.6 Å². The molecule has 1 aliphatic carbocycles. The highest BCUT2D eigenvalue weighted by Gasteiger charge is 2.40. The van der Waals surface area contributed by atoms with Gasteiger partial charge in [0.05, 0.1) is 17.6 Å². The average Bonchev–Trinajstić information content (AvgIpc) is 3.28. The van der Waals surface area contributed by atoms with E-state index in [-0.39, 0.29) is 16.1 Å². The van der Waals surface area contributed by atoms with Gasteiger partial charge in [-0.1, -0.05) is 32.4 Å². The summed E-state index contributed by atoms with van der Waals surface area (Å²) < 4.78 is 14.2. The third kappa shape index (κ3) is 4.25. The molecule has 168 valence electrons. The third-order valence-corrected chi connectivity index (χ3v) is 12.1. The van der Waals surface area contributed by atoms with Crippen molar-refractivity contribution in [1.29, 1.82) is 0 Å². The highest BCUT2D eigenvalue weighted by atomic mass is 35.5. The molecule has 0 bridgehead atoms. The Hall–Kier alpha value is -1.54. The van der Waals surface area contributed by atoms with Crippen molar-refractivity contribution in [1.82, 2.24) is 14.8 Å². The fourth-order valence-electron chi connectivity index (χ4n) is 3.98. The van der Waals surface area contributed by atoms with Gasteiger partial charge >= 0.3 is 0 Å². The van der Waals surface area contributed by atoms with Crippen LogP contribution in [0.2, 0.25) is 28.4 Å². The van der Waals surface area contributed by atoms with Gasteiger partial charge in [0.2, 0.25) is 5.22 Å². The van der Waals surface area contributed by atoms with Gasteiger partial charge in [0, 0.05) is 29.6 Å². The first-order chi connectivity index (χ1) is 14.5. The lowest BCUT2D eigenvalue weighted by molar-refractivity contribution is 0.115. The molecule has 3 aromatic rings. The Morgan fingerprint density at radius 2 is 1.84 bits per heavy atom. The molecule has 0 unspecified atom stereocenters. The Bertz CT molecular complexity index is 1100. The van der Waals surface area contributed by atoms with Gasteiger partial charge in [-0.3, -0.25) is 4.68 Å². The monoisotopic (exact) mass is 480 g/mol. The minimum absolute atomic E-state index is 0.116. The largest absolute Gasteiger partial charge is 0.439 e. The van der Waals surface area contributed by atoms with Gasteiger partial charge in [0.15, 0.2) is 19.7 Å². The first kappa shape index (κ1) is 22.6. The summed E-state index contributed by atoms with van der Waals surface area (Å²) in [4.78, 5) is 4.24. The molecular weight excluding hydrogens is 451 g/mol. The molecule has 3 heterocycles. The Kier molecular flexibility index (Phi) is 5.92. The summed E-state index contributed by atoms with van der Waals surface area (Å²) in [6.45, 7) is 11.5. The number of fused-ring (bicyclic) bond motifs is 1. The molecule has 0 aliphatic heterocycles. The van der Waals surface area contributed by atoms with Crippen LogP contribution >= 0.6 is 23.2 Å². The summed E-state index contributed by atoms with van der Waals surface area (Å²) in [5.74, 6) is 0.264. The number of nitrogens with zero attached hydrogens (tertiary/aromatic N) is 3. The van der Waals surface area contributed by atoms with Crippen LogP contribution in [0.5, 0.6) is 0 Å². The van der Waals surface area contributed by atoms with E-state index in [0.717, 1.165) is 36.8 Å². The number of rotatable bonds is 4. The quantitative estimate of drug-likeness (QED) is 0.403. The molecule has 4 rings (SSSR count). The molecule has 1 fully saturated rings. The van der Waals surface area contributed by atoms with Crippen molar-refractivity contribution in [2.24, 2.45) is 0 Å². The molecule has 1 saturated carbocycles. The maximum Gasteiger partial charge on any atom is 0.213 e. The molecule has 1 aliphatic rings. The zero-order valence-corrected chi connectivity index (χ0v) is 21.2. The first-order valence-electron chi connectivity index (χ1n) is 10.7. The molecule has 6 nitrogen and oxygen atoms in total. The molecule has 0 atom stereocenters. The number of halogens is 2. The number of furan rings is 1. The Morgan fingerprint density at radius 3 is 2.48 bits per heavy atom. The van der Waals surface area contributed by atoms with E-state index in [2.05, 4.69) is 48.6 Å². The molecule has 9 heteroatoms. The number of pyridine rings is 1. The summed E-state index contributed by atoms with van der Waals surface area (Å²) in [5.41, 5.74) is 8.07. The minimum Gasteiger partial charge on any atom is -0.439 e. The molecule has 0 spiro atoms. The Morgan fingerprint density at radius 1 is 1.16 bits per heavy atom. The van der Waals surface area contributed by atoms with E-state index in [0.29, 0.717) is 28.1 Å². The van der Waals surface area contributed by atoms with Crippen LogP contribution in [0.25, 0.3) is 22.1 Å². The third-order valence-electron chi connectivity index (χ3n) is 6.84. The summed E-state index contributed by atoms with van der Waals surface area (Å²) in [7, 11) is -1.74. The fraction of sp³-hybridized carbons (Fsp3) is 0.545. The van der Waals surface area contributed by atoms with E-state index in [4.69, 9.17) is 37.8 Å². The van der Waals surface area contributed by atoms with Gasteiger partial charge in [0.25, 0.3) is 0 Å². The zero-order valence-electron chi connectivity index (χ0n) is 18.7. The van der Waals surface area contributed by atoms with Crippen molar-refractivity contribution in [2.75, 3.05) is 5.73 Å². The number of hydrogen-bond acceptors (Lipinski definition) is 5. The molecule has 0 aromatic carbocycles. The zero-order chi connectivity index (χ0) is 22.6. The van der Waals surface area contributed by atoms with E-state index >= 15 is 0 Å². The fourth-order valence-corrected chi connectivity index (χ4v) is 5.80. The van der Waals surface area contributed by atoms with Crippen molar-refractivity contribution < 1.29 is 8.84 Å². The second-order valence-corrected chi connectivity index (χ2v) is 15.4. The van der Waals surface area contributed by atoms with Crippen LogP contribution < -0.4 is 5.73 Å². The highest BCUT2D eigenvalue weighted by molar-refractivity contribution is 6.74. The first-order valence-corrected chi connectivity index (χ1v) is 14.4. The lowest BCUT2D eigenvalue weighted by Gasteiger charge is -2.41. The Labute approximate surface area is 194 Å². The molecular formula is C22H30Cl2N4O2Si.